The Morgan fingerprint density at radius 2 is 2.00 bits per heavy atom. The van der Waals surface area contributed by atoms with Crippen molar-refractivity contribution in [2.75, 3.05) is 25.5 Å². The van der Waals surface area contributed by atoms with Crippen molar-refractivity contribution < 1.29 is 9.53 Å². The molecule has 4 nitrogen and oxygen atoms in total. The van der Waals surface area contributed by atoms with Gasteiger partial charge in [0.05, 0.1) is 7.11 Å². The molecule has 3 rings (SSSR count). The van der Waals surface area contributed by atoms with Crippen LogP contribution in [0.2, 0.25) is 0 Å². The number of carbonyl (C=O) groups is 1. The number of nitrogens with one attached hydrogen (secondary N) is 1. The highest BCUT2D eigenvalue weighted by Crippen LogP contribution is 2.34. The Morgan fingerprint density at radius 1 is 1.29 bits per heavy atom. The van der Waals surface area contributed by atoms with Gasteiger partial charge in [0.1, 0.15) is 5.75 Å². The van der Waals surface area contributed by atoms with E-state index in [1.165, 1.54) is 25.7 Å². The predicted octanol–water partition coefficient (Wildman–Crippen LogP) is 3.66. The van der Waals surface area contributed by atoms with Crippen LogP contribution in [0.5, 0.6) is 5.75 Å². The van der Waals surface area contributed by atoms with Gasteiger partial charge in [0.2, 0.25) is 0 Å². The lowest BCUT2D eigenvalue weighted by molar-refractivity contribution is 0.110. The van der Waals surface area contributed by atoms with Crippen LogP contribution in [-0.2, 0) is 0 Å². The number of rotatable bonds is 2. The first-order chi connectivity index (χ1) is 10.2. The Hall–Kier alpha value is -1.71. The molecule has 0 aromatic heterocycles. The molecule has 2 bridgehead atoms. The van der Waals surface area contributed by atoms with Crippen LogP contribution in [0.15, 0.2) is 18.2 Å². The van der Waals surface area contributed by atoms with Crippen molar-refractivity contribution in [3.05, 3.63) is 23.8 Å². The lowest BCUT2D eigenvalue weighted by Gasteiger charge is -2.41. The monoisotopic (exact) mass is 288 g/mol. The Balaban J connectivity index is 1.66. The molecule has 0 unspecified atom stereocenters. The van der Waals surface area contributed by atoms with Crippen LogP contribution in [0.25, 0.3) is 0 Å². The third-order valence-electron chi connectivity index (χ3n) is 4.80. The summed E-state index contributed by atoms with van der Waals surface area (Å²) in [5.41, 5.74) is 1.88. The van der Waals surface area contributed by atoms with Crippen LogP contribution in [0.1, 0.15) is 31.2 Å². The standard InChI is InChI=1S/C17H24N2O2/c1-12-6-7-15(9-16(12)21-2)18-17(20)19-10-13-4-3-5-14(8-13)11-19/h6-7,9,13-14H,3-5,8,10-11H2,1-2H3,(H,18,20)/t13-,14-/m0/s1. The van der Waals surface area contributed by atoms with Gasteiger partial charge in [-0.3, -0.25) is 0 Å². The summed E-state index contributed by atoms with van der Waals surface area (Å²) in [7, 11) is 1.65. The Kier molecular flexibility index (Phi) is 4.04. The number of nitrogens with zero attached hydrogens (tertiary/aromatic N) is 1. The van der Waals surface area contributed by atoms with Crippen LogP contribution in [0.3, 0.4) is 0 Å². The molecule has 0 radical (unpaired) electrons. The average Bonchev–Trinajstić information content (AvgIpc) is 2.48. The summed E-state index contributed by atoms with van der Waals surface area (Å²) < 4.78 is 5.31. The SMILES string of the molecule is COc1cc(NC(=O)N2C[C@H]3CCC[C@@H](C3)C2)ccc1C. The van der Waals surface area contributed by atoms with E-state index in [-0.39, 0.29) is 6.03 Å². The molecule has 0 spiro atoms. The first kappa shape index (κ1) is 14.2. The summed E-state index contributed by atoms with van der Waals surface area (Å²) in [6.07, 6.45) is 5.19. The third-order valence-corrected chi connectivity index (χ3v) is 4.80. The number of hydrogen-bond donors (Lipinski definition) is 1. The normalized spacial score (nSPS) is 24.6. The second kappa shape index (κ2) is 5.96. The number of carbonyl (C=O) groups excluding carboxylic acids is 1. The van der Waals surface area contributed by atoms with Gasteiger partial charge < -0.3 is 15.0 Å². The Labute approximate surface area is 126 Å². The van der Waals surface area contributed by atoms with Crippen LogP contribution >= 0.6 is 0 Å². The van der Waals surface area contributed by atoms with Crippen molar-refractivity contribution in [2.24, 2.45) is 11.8 Å². The van der Waals surface area contributed by atoms with E-state index in [2.05, 4.69) is 5.32 Å². The second-order valence-electron chi connectivity index (χ2n) is 6.42. The first-order valence-electron chi connectivity index (χ1n) is 7.86. The molecular formula is C17H24N2O2. The average molecular weight is 288 g/mol. The maximum atomic E-state index is 12.5. The summed E-state index contributed by atoms with van der Waals surface area (Å²) in [6.45, 7) is 3.81. The largest absolute Gasteiger partial charge is 0.496 e. The number of likely N-dealkylation sites (tertiary alicyclic amines) is 1. The maximum Gasteiger partial charge on any atom is 0.321 e. The van der Waals surface area contributed by atoms with E-state index >= 15 is 0 Å². The smallest absolute Gasteiger partial charge is 0.321 e. The molecule has 1 saturated carbocycles. The third kappa shape index (κ3) is 3.14. The molecule has 1 aliphatic heterocycles. The second-order valence-corrected chi connectivity index (χ2v) is 6.42. The van der Waals surface area contributed by atoms with Crippen molar-refractivity contribution in [1.29, 1.82) is 0 Å². The van der Waals surface area contributed by atoms with Gasteiger partial charge in [-0.05, 0) is 49.7 Å². The summed E-state index contributed by atoms with van der Waals surface area (Å²) in [5.74, 6) is 2.22. The van der Waals surface area contributed by atoms with Crippen LogP contribution in [-0.4, -0.2) is 31.1 Å². The minimum atomic E-state index is 0.0255. The lowest BCUT2D eigenvalue weighted by atomic mass is 9.78. The number of urea groups is 1. The molecule has 4 heteroatoms. The zero-order valence-electron chi connectivity index (χ0n) is 12.9. The molecule has 114 valence electrons. The number of benzene rings is 1. The summed E-state index contributed by atoms with van der Waals surface area (Å²) in [4.78, 5) is 14.4. The highest BCUT2D eigenvalue weighted by molar-refractivity contribution is 5.89. The number of piperidine rings is 1. The molecule has 2 fully saturated rings. The topological polar surface area (TPSA) is 41.6 Å². The summed E-state index contributed by atoms with van der Waals surface area (Å²) in [5, 5.41) is 3.01. The van der Waals surface area contributed by atoms with Gasteiger partial charge in [0.25, 0.3) is 0 Å². The van der Waals surface area contributed by atoms with E-state index in [0.717, 1.165) is 30.1 Å². The fourth-order valence-electron chi connectivity index (χ4n) is 3.70. The minimum absolute atomic E-state index is 0.0255. The van der Waals surface area contributed by atoms with Crippen molar-refractivity contribution >= 4 is 11.7 Å². The quantitative estimate of drug-likeness (QED) is 0.902. The summed E-state index contributed by atoms with van der Waals surface area (Å²) >= 11 is 0. The maximum absolute atomic E-state index is 12.5. The Bertz CT molecular complexity index is 518. The number of aryl methyl sites for hydroxylation is 1. The van der Waals surface area contributed by atoms with E-state index in [0.29, 0.717) is 11.8 Å². The highest BCUT2D eigenvalue weighted by atomic mass is 16.5. The molecule has 1 aliphatic carbocycles. The number of amides is 2. The van der Waals surface area contributed by atoms with Gasteiger partial charge in [-0.25, -0.2) is 4.79 Å². The molecule has 1 aromatic rings. The Morgan fingerprint density at radius 3 is 2.67 bits per heavy atom. The number of hydrogen-bond acceptors (Lipinski definition) is 2. The van der Waals surface area contributed by atoms with E-state index in [4.69, 9.17) is 4.74 Å². The molecule has 2 atom stereocenters. The van der Waals surface area contributed by atoms with Gasteiger partial charge in [0.15, 0.2) is 0 Å². The van der Waals surface area contributed by atoms with Crippen molar-refractivity contribution in [3.63, 3.8) is 0 Å². The van der Waals surface area contributed by atoms with Gasteiger partial charge in [-0.1, -0.05) is 12.5 Å². The van der Waals surface area contributed by atoms with E-state index in [1.807, 2.05) is 30.0 Å². The lowest BCUT2D eigenvalue weighted by Crippen LogP contribution is -2.47. The van der Waals surface area contributed by atoms with Crippen molar-refractivity contribution in [1.82, 2.24) is 4.90 Å². The number of anilines is 1. The van der Waals surface area contributed by atoms with E-state index in [1.54, 1.807) is 7.11 Å². The molecule has 1 heterocycles. The van der Waals surface area contributed by atoms with Gasteiger partial charge in [-0.2, -0.15) is 0 Å². The predicted molar refractivity (Wildman–Crippen MR) is 83.8 cm³/mol. The molecule has 21 heavy (non-hydrogen) atoms. The van der Waals surface area contributed by atoms with Crippen molar-refractivity contribution in [2.45, 2.75) is 32.6 Å². The van der Waals surface area contributed by atoms with E-state index in [9.17, 15) is 4.79 Å². The minimum Gasteiger partial charge on any atom is -0.496 e. The number of ether oxygens (including phenoxy) is 1. The fourth-order valence-corrected chi connectivity index (χ4v) is 3.70. The van der Waals surface area contributed by atoms with Crippen molar-refractivity contribution in [3.8, 4) is 5.75 Å². The zero-order valence-corrected chi connectivity index (χ0v) is 12.9. The number of fused-ring (bicyclic) bond motifs is 2. The molecule has 2 amide bonds. The summed E-state index contributed by atoms with van der Waals surface area (Å²) in [6, 6.07) is 5.82. The van der Waals surface area contributed by atoms with Crippen LogP contribution in [0, 0.1) is 18.8 Å². The molecule has 1 N–H and O–H groups in total. The molecule has 1 saturated heterocycles. The van der Waals surface area contributed by atoms with Gasteiger partial charge in [0, 0.05) is 24.8 Å². The zero-order chi connectivity index (χ0) is 14.8. The van der Waals surface area contributed by atoms with Crippen LogP contribution in [0.4, 0.5) is 10.5 Å². The van der Waals surface area contributed by atoms with Gasteiger partial charge in [-0.15, -0.1) is 0 Å². The van der Waals surface area contributed by atoms with E-state index < -0.39 is 0 Å². The van der Waals surface area contributed by atoms with Crippen LogP contribution < -0.4 is 10.1 Å². The molecular weight excluding hydrogens is 264 g/mol. The number of methoxy groups -OCH3 is 1. The molecule has 2 aliphatic rings. The highest BCUT2D eigenvalue weighted by Gasteiger charge is 2.32. The first-order valence-corrected chi connectivity index (χ1v) is 7.86. The fraction of sp³-hybridized carbons (Fsp3) is 0.588. The molecule has 1 aromatic carbocycles. The van der Waals surface area contributed by atoms with Gasteiger partial charge >= 0.3 is 6.03 Å².